The van der Waals surface area contributed by atoms with Crippen molar-refractivity contribution in [3.63, 3.8) is 0 Å². The second-order valence-corrected chi connectivity index (χ2v) is 5.35. The maximum Gasteiger partial charge on any atom is 0.233 e. The number of methoxy groups -OCH3 is 1. The van der Waals surface area contributed by atoms with Gasteiger partial charge in [-0.3, -0.25) is 0 Å². The van der Waals surface area contributed by atoms with E-state index in [4.69, 9.17) is 19.7 Å². The van der Waals surface area contributed by atoms with E-state index in [0.717, 1.165) is 19.3 Å². The summed E-state index contributed by atoms with van der Waals surface area (Å²) in [5.41, 5.74) is 5.07. The summed E-state index contributed by atoms with van der Waals surface area (Å²) in [6.07, 6.45) is 2.34. The highest BCUT2D eigenvalue weighted by Crippen LogP contribution is 2.35. The summed E-state index contributed by atoms with van der Waals surface area (Å²) in [5, 5.41) is 4.12. The van der Waals surface area contributed by atoms with Crippen LogP contribution in [-0.2, 0) is 20.5 Å². The van der Waals surface area contributed by atoms with Crippen LogP contribution in [0.25, 0.3) is 0 Å². The number of hydrogen-bond donors (Lipinski definition) is 1. The van der Waals surface area contributed by atoms with E-state index in [9.17, 15) is 0 Å². The fraction of sp³-hybridized carbons (Fsp3) is 0.846. The van der Waals surface area contributed by atoms with Gasteiger partial charge in [-0.05, 0) is 13.3 Å². The number of ether oxygens (including phenoxy) is 2. The van der Waals surface area contributed by atoms with Gasteiger partial charge in [-0.15, -0.1) is 0 Å². The summed E-state index contributed by atoms with van der Waals surface area (Å²) >= 11 is 0. The van der Waals surface area contributed by atoms with E-state index >= 15 is 0 Å². The minimum absolute atomic E-state index is 0.272. The normalized spacial score (nSPS) is 22.1. The summed E-state index contributed by atoms with van der Waals surface area (Å²) in [4.78, 5) is 4.55. The average Bonchev–Trinajstić information content (AvgIpc) is 2.98. The quantitative estimate of drug-likeness (QED) is 0.868. The Kier molecular flexibility index (Phi) is 4.23. The van der Waals surface area contributed by atoms with E-state index in [2.05, 4.69) is 17.1 Å². The van der Waals surface area contributed by atoms with Crippen molar-refractivity contribution in [3.05, 3.63) is 11.7 Å². The molecule has 1 aliphatic heterocycles. The predicted molar refractivity (Wildman–Crippen MR) is 69.7 cm³/mol. The first-order chi connectivity index (χ1) is 9.10. The van der Waals surface area contributed by atoms with Gasteiger partial charge in [0.1, 0.15) is 5.60 Å². The van der Waals surface area contributed by atoms with Crippen molar-refractivity contribution < 1.29 is 14.0 Å². The minimum Gasteiger partial charge on any atom is -0.381 e. The van der Waals surface area contributed by atoms with Crippen LogP contribution < -0.4 is 5.73 Å². The van der Waals surface area contributed by atoms with Crippen LogP contribution in [0.2, 0.25) is 0 Å². The molecule has 1 aromatic rings. The smallest absolute Gasteiger partial charge is 0.233 e. The molecule has 2 rings (SSSR count). The summed E-state index contributed by atoms with van der Waals surface area (Å²) < 4.78 is 16.5. The average molecular weight is 269 g/mol. The molecule has 6 heteroatoms. The zero-order valence-electron chi connectivity index (χ0n) is 11.9. The molecule has 1 aliphatic rings. The Morgan fingerprint density at radius 1 is 1.42 bits per heavy atom. The number of hydrogen-bond acceptors (Lipinski definition) is 6. The zero-order chi connectivity index (χ0) is 13.9. The Hall–Kier alpha value is -0.980. The van der Waals surface area contributed by atoms with Gasteiger partial charge in [-0.25, -0.2) is 0 Å². The van der Waals surface area contributed by atoms with Gasteiger partial charge >= 0.3 is 0 Å². The molecule has 2 N–H and O–H groups in total. The van der Waals surface area contributed by atoms with E-state index in [1.165, 1.54) is 0 Å². The molecule has 0 aromatic carbocycles. The highest BCUT2D eigenvalue weighted by atomic mass is 16.5. The lowest BCUT2D eigenvalue weighted by Gasteiger charge is -2.32. The molecule has 0 radical (unpaired) electrons. The molecule has 6 nitrogen and oxygen atoms in total. The highest BCUT2D eigenvalue weighted by Gasteiger charge is 2.41. The molecule has 0 bridgehead atoms. The van der Waals surface area contributed by atoms with E-state index in [1.807, 2.05) is 6.92 Å². The van der Waals surface area contributed by atoms with Crippen molar-refractivity contribution in [3.8, 4) is 0 Å². The molecular weight excluding hydrogens is 246 g/mol. The molecule has 1 fully saturated rings. The van der Waals surface area contributed by atoms with Crippen LogP contribution in [0.15, 0.2) is 4.52 Å². The first kappa shape index (κ1) is 14.4. The predicted octanol–water partition coefficient (Wildman–Crippen LogP) is 1.35. The van der Waals surface area contributed by atoms with Crippen molar-refractivity contribution >= 4 is 0 Å². The van der Waals surface area contributed by atoms with E-state index in [0.29, 0.717) is 31.5 Å². The lowest BCUT2D eigenvalue weighted by molar-refractivity contribution is -0.101. The van der Waals surface area contributed by atoms with Crippen molar-refractivity contribution in [1.29, 1.82) is 0 Å². The van der Waals surface area contributed by atoms with E-state index < -0.39 is 5.60 Å². The number of nitrogens with zero attached hydrogens (tertiary/aromatic N) is 2. The molecule has 0 aliphatic carbocycles. The summed E-state index contributed by atoms with van der Waals surface area (Å²) in [5.74, 6) is 1.21. The van der Waals surface area contributed by atoms with Crippen LogP contribution in [-0.4, -0.2) is 37.0 Å². The maximum atomic E-state index is 5.82. The third-order valence-electron chi connectivity index (χ3n) is 4.27. The van der Waals surface area contributed by atoms with Crippen molar-refractivity contribution in [2.45, 2.75) is 44.1 Å². The molecule has 108 valence electrons. The lowest BCUT2D eigenvalue weighted by Crippen LogP contribution is -2.37. The molecule has 1 saturated heterocycles. The van der Waals surface area contributed by atoms with Crippen LogP contribution in [0.1, 0.15) is 44.8 Å². The standard InChI is InChI=1S/C13H23N3O3/c1-4-12(2,9-14)11-15-10(16-19-11)13(17-3)5-7-18-8-6-13/h4-9,14H2,1-3H3. The molecule has 1 unspecified atom stereocenters. The molecule has 2 heterocycles. The Balaban J connectivity index is 2.29. The molecule has 1 atom stereocenters. The molecule has 1 aromatic heterocycles. The van der Waals surface area contributed by atoms with Crippen molar-refractivity contribution in [2.75, 3.05) is 26.9 Å². The SMILES string of the molecule is CCC(C)(CN)c1nc(C2(OC)CCOCC2)no1. The van der Waals surface area contributed by atoms with Crippen molar-refractivity contribution in [2.24, 2.45) is 5.73 Å². The molecular formula is C13H23N3O3. The number of aromatic nitrogens is 2. The molecule has 0 amide bonds. The zero-order valence-corrected chi connectivity index (χ0v) is 11.9. The summed E-state index contributed by atoms with van der Waals surface area (Å²) in [6.45, 7) is 5.89. The Bertz CT molecular complexity index is 409. The third kappa shape index (κ3) is 2.52. The Labute approximate surface area is 113 Å². The monoisotopic (exact) mass is 269 g/mol. The first-order valence-corrected chi connectivity index (χ1v) is 6.78. The van der Waals surface area contributed by atoms with Crippen LogP contribution in [0, 0.1) is 0 Å². The van der Waals surface area contributed by atoms with Gasteiger partial charge in [-0.1, -0.05) is 12.1 Å². The van der Waals surface area contributed by atoms with Gasteiger partial charge in [0.05, 0.1) is 5.41 Å². The first-order valence-electron chi connectivity index (χ1n) is 6.78. The lowest BCUT2D eigenvalue weighted by atomic mass is 9.87. The van der Waals surface area contributed by atoms with E-state index in [1.54, 1.807) is 7.11 Å². The van der Waals surface area contributed by atoms with Gasteiger partial charge in [0.15, 0.2) is 0 Å². The fourth-order valence-corrected chi connectivity index (χ4v) is 2.26. The fourth-order valence-electron chi connectivity index (χ4n) is 2.26. The van der Waals surface area contributed by atoms with Gasteiger partial charge in [0.25, 0.3) is 0 Å². The van der Waals surface area contributed by atoms with Gasteiger partial charge in [0, 0.05) is 39.7 Å². The van der Waals surface area contributed by atoms with Crippen LogP contribution in [0.3, 0.4) is 0 Å². The third-order valence-corrected chi connectivity index (χ3v) is 4.27. The largest absolute Gasteiger partial charge is 0.381 e. The van der Waals surface area contributed by atoms with Crippen LogP contribution in [0.4, 0.5) is 0 Å². The van der Waals surface area contributed by atoms with Gasteiger partial charge in [0.2, 0.25) is 11.7 Å². The maximum absolute atomic E-state index is 5.82. The summed E-state index contributed by atoms with van der Waals surface area (Å²) in [7, 11) is 1.68. The highest BCUT2D eigenvalue weighted by molar-refractivity contribution is 5.09. The van der Waals surface area contributed by atoms with E-state index in [-0.39, 0.29) is 5.41 Å². The number of rotatable bonds is 5. The number of nitrogens with two attached hydrogens (primary N) is 1. The topological polar surface area (TPSA) is 83.4 Å². The summed E-state index contributed by atoms with van der Waals surface area (Å²) in [6, 6.07) is 0. The van der Waals surface area contributed by atoms with Crippen LogP contribution >= 0.6 is 0 Å². The second kappa shape index (κ2) is 5.56. The Morgan fingerprint density at radius 3 is 2.63 bits per heavy atom. The van der Waals surface area contributed by atoms with Gasteiger partial charge in [-0.2, -0.15) is 4.98 Å². The molecule has 19 heavy (non-hydrogen) atoms. The van der Waals surface area contributed by atoms with Crippen molar-refractivity contribution in [1.82, 2.24) is 10.1 Å². The minimum atomic E-state index is -0.483. The second-order valence-electron chi connectivity index (χ2n) is 5.35. The molecule has 0 saturated carbocycles. The van der Waals surface area contributed by atoms with Gasteiger partial charge < -0.3 is 19.7 Å². The Morgan fingerprint density at radius 2 is 2.11 bits per heavy atom. The molecule has 0 spiro atoms. The van der Waals surface area contributed by atoms with Crippen LogP contribution in [0.5, 0.6) is 0 Å².